The topological polar surface area (TPSA) is 72.3 Å². The summed E-state index contributed by atoms with van der Waals surface area (Å²) in [7, 11) is 0. The minimum Gasteiger partial charge on any atom is -0.268 e. The molecule has 4 aromatic rings. The van der Waals surface area contributed by atoms with Crippen LogP contribution in [0.5, 0.6) is 0 Å². The third-order valence-electron chi connectivity index (χ3n) is 4.60. The normalized spacial score (nSPS) is 19.6. The van der Waals surface area contributed by atoms with E-state index >= 15 is 4.39 Å². The molecule has 1 aliphatic rings. The van der Waals surface area contributed by atoms with E-state index in [1.807, 2.05) is 0 Å². The molecule has 8 heteroatoms. The first-order chi connectivity index (χ1) is 15.4. The summed E-state index contributed by atoms with van der Waals surface area (Å²) < 4.78 is 77.9. The molecule has 0 saturated heterocycles. The van der Waals surface area contributed by atoms with Crippen molar-refractivity contribution in [3.63, 3.8) is 0 Å². The highest BCUT2D eigenvalue weighted by atomic mass is 19.1. The van der Waals surface area contributed by atoms with Gasteiger partial charge in [0.1, 0.15) is 17.3 Å². The van der Waals surface area contributed by atoms with Crippen LogP contribution in [0.4, 0.5) is 8.78 Å². The molecule has 1 N–H and O–H groups in total. The Bertz CT molecular complexity index is 1360. The van der Waals surface area contributed by atoms with Crippen molar-refractivity contribution in [3.8, 4) is 22.5 Å². The number of hydrogen-bond acceptors (Lipinski definition) is 4. The summed E-state index contributed by atoms with van der Waals surface area (Å²) >= 11 is 0. The molecule has 6 nitrogen and oxygen atoms in total. The number of halogens is 2. The molecule has 0 aromatic carbocycles. The summed E-state index contributed by atoms with van der Waals surface area (Å²) in [5, 5.41) is 11.3. The molecular weight excluding hydrogens is 350 g/mol. The number of rotatable bonds is 2. The van der Waals surface area contributed by atoms with E-state index in [1.165, 1.54) is 23.0 Å². The van der Waals surface area contributed by atoms with Gasteiger partial charge >= 0.3 is 0 Å². The van der Waals surface area contributed by atoms with Crippen LogP contribution in [-0.4, -0.2) is 29.9 Å². The molecule has 0 fully saturated rings. The molecule has 0 unspecified atom stereocenters. The van der Waals surface area contributed by atoms with Crippen LogP contribution in [-0.2, 0) is 13.0 Å². The monoisotopic (exact) mass is 372 g/mol. The first-order valence-electron chi connectivity index (χ1n) is 11.1. The van der Waals surface area contributed by atoms with Crippen molar-refractivity contribution in [2.45, 2.75) is 26.7 Å². The van der Waals surface area contributed by atoms with Crippen molar-refractivity contribution in [2.24, 2.45) is 5.41 Å². The van der Waals surface area contributed by atoms with E-state index in [-0.39, 0.29) is 33.9 Å². The smallest absolute Gasteiger partial charge is 0.155 e. The van der Waals surface area contributed by atoms with Crippen molar-refractivity contribution in [1.82, 2.24) is 29.9 Å². The second-order valence-electron chi connectivity index (χ2n) is 6.56. The lowest BCUT2D eigenvalue weighted by Crippen LogP contribution is -2.13. The Morgan fingerprint density at radius 1 is 1.15 bits per heavy atom. The van der Waals surface area contributed by atoms with Crippen LogP contribution in [0.3, 0.4) is 0 Å². The average Bonchev–Trinajstić information content (AvgIpc) is 3.41. The number of aromatic nitrogens is 6. The minimum atomic E-state index is -2.84. The fraction of sp³-hybridized carbons (Fsp3) is 0.263. The Labute approximate surface area is 161 Å². The van der Waals surface area contributed by atoms with E-state index in [0.29, 0.717) is 5.39 Å². The van der Waals surface area contributed by atoms with Crippen LogP contribution in [0.25, 0.3) is 33.5 Å². The van der Waals surface area contributed by atoms with Gasteiger partial charge in [-0.1, -0.05) is 13.7 Å². The molecule has 0 radical (unpaired) electrons. The molecule has 0 amide bonds. The number of hydrogen-bond donors (Lipinski definition) is 1. The van der Waals surface area contributed by atoms with Gasteiger partial charge in [0.25, 0.3) is 0 Å². The number of nitrogens with zero attached hydrogens (tertiary/aromatic N) is 5. The lowest BCUT2D eigenvalue weighted by molar-refractivity contribution is 0.347. The molecule has 0 atom stereocenters. The van der Waals surface area contributed by atoms with Gasteiger partial charge in [-0.3, -0.25) is 14.8 Å². The molecule has 1 aliphatic heterocycles. The number of nitrogens with one attached hydrogen (secondary N) is 1. The largest absolute Gasteiger partial charge is 0.268 e. The second kappa shape index (κ2) is 5.42. The Kier molecular flexibility index (Phi) is 2.18. The van der Waals surface area contributed by atoms with Gasteiger partial charge in [-0.2, -0.15) is 10.2 Å². The maximum absolute atomic E-state index is 15.2. The van der Waals surface area contributed by atoms with Gasteiger partial charge in [0.15, 0.2) is 5.65 Å². The van der Waals surface area contributed by atoms with E-state index in [2.05, 4.69) is 25.3 Å². The summed E-state index contributed by atoms with van der Waals surface area (Å²) in [5.74, 6) is -1.31. The zero-order chi connectivity index (χ0) is 23.8. The Balaban J connectivity index is 1.82. The molecule has 0 bridgehead atoms. The van der Waals surface area contributed by atoms with Gasteiger partial charge in [-0.25, -0.2) is 13.8 Å². The first kappa shape index (κ1) is 10.9. The number of H-pyrrole nitrogens is 1. The third-order valence-corrected chi connectivity index (χ3v) is 4.60. The highest BCUT2D eigenvalue weighted by Crippen LogP contribution is 2.44. The van der Waals surface area contributed by atoms with Crippen LogP contribution < -0.4 is 0 Å². The van der Waals surface area contributed by atoms with Crippen LogP contribution in [0, 0.1) is 17.0 Å². The van der Waals surface area contributed by atoms with Gasteiger partial charge in [-0.05, 0) is 24.0 Å². The molecule has 0 saturated carbocycles. The van der Waals surface area contributed by atoms with E-state index in [4.69, 9.17) is 8.22 Å². The lowest BCUT2D eigenvalue weighted by Gasteiger charge is -2.16. The number of aromatic amines is 1. The Hall–Kier alpha value is -3.16. The lowest BCUT2D eigenvalue weighted by atomic mass is 9.88. The van der Waals surface area contributed by atoms with Crippen LogP contribution in [0.2, 0.25) is 0 Å². The van der Waals surface area contributed by atoms with E-state index in [1.54, 1.807) is 0 Å². The predicted octanol–water partition coefficient (Wildman–Crippen LogP) is 3.74. The minimum absolute atomic E-state index is 0.0306. The zero-order valence-electron chi connectivity index (χ0n) is 19.8. The molecule has 136 valence electrons. The summed E-state index contributed by atoms with van der Waals surface area (Å²) in [5.41, 5.74) is -1.00. The summed E-state index contributed by atoms with van der Waals surface area (Å²) in [4.78, 5) is 8.00. The van der Waals surface area contributed by atoms with Crippen LogP contribution in [0.1, 0.15) is 27.6 Å². The van der Waals surface area contributed by atoms with Gasteiger partial charge in [-0.15, -0.1) is 0 Å². The maximum atomic E-state index is 15.2. The molecule has 5 heterocycles. The maximum Gasteiger partial charge on any atom is 0.155 e. The van der Waals surface area contributed by atoms with E-state index in [0.717, 1.165) is 12.4 Å². The fourth-order valence-corrected chi connectivity index (χ4v) is 3.49. The molecule has 5 rings (SSSR count). The van der Waals surface area contributed by atoms with Crippen molar-refractivity contribution in [1.29, 1.82) is 0 Å². The highest BCUT2D eigenvalue weighted by Gasteiger charge is 2.35. The SMILES string of the molecule is [2H]C([2H])([2H])C1(C([2H])([2H])[2H])Cc2c(-c3c(F)cnc4[nH]ncc34)c(-c3ccc(F)cn3)nn2C1. The highest BCUT2D eigenvalue weighted by molar-refractivity contribution is 5.97. The first-order valence-corrected chi connectivity index (χ1v) is 8.12. The quantitative estimate of drug-likeness (QED) is 0.582. The second-order valence-corrected chi connectivity index (χ2v) is 6.56. The number of fused-ring (bicyclic) bond motifs is 2. The van der Waals surface area contributed by atoms with Gasteiger partial charge in [0.05, 0.1) is 24.3 Å². The van der Waals surface area contributed by atoms with Crippen LogP contribution in [0.15, 0.2) is 30.7 Å². The molecule has 0 aliphatic carbocycles. The van der Waals surface area contributed by atoms with Gasteiger partial charge < -0.3 is 0 Å². The van der Waals surface area contributed by atoms with Crippen molar-refractivity contribution >= 4 is 11.0 Å². The molecule has 27 heavy (non-hydrogen) atoms. The van der Waals surface area contributed by atoms with Crippen molar-refractivity contribution in [3.05, 3.63) is 48.1 Å². The van der Waals surface area contributed by atoms with E-state index < -0.39 is 43.7 Å². The standard InChI is InChI=1S/C19H16F2N6/c1-19(2)5-14-16(15-11-7-24-25-18(11)23-8-12(15)21)17(26-27(14)9-19)13-4-3-10(20)6-22-13/h3-4,6-8H,5,9H2,1-2H3,(H,23,24,25)/i1D3,2D3. The van der Waals surface area contributed by atoms with Crippen molar-refractivity contribution < 1.29 is 17.0 Å². The van der Waals surface area contributed by atoms with Gasteiger partial charge in [0, 0.05) is 37.0 Å². The fourth-order valence-electron chi connectivity index (χ4n) is 3.49. The van der Waals surface area contributed by atoms with Crippen LogP contribution >= 0.6 is 0 Å². The summed E-state index contributed by atoms with van der Waals surface area (Å²) in [6.45, 7) is -6.11. The van der Waals surface area contributed by atoms with E-state index in [9.17, 15) is 4.39 Å². The summed E-state index contributed by atoms with van der Waals surface area (Å²) in [6, 6.07) is 2.53. The molecular formula is C19H16F2N6. The van der Waals surface area contributed by atoms with Crippen molar-refractivity contribution in [2.75, 3.05) is 0 Å². The predicted molar refractivity (Wildman–Crippen MR) is 95.7 cm³/mol. The number of pyridine rings is 2. The summed E-state index contributed by atoms with van der Waals surface area (Å²) in [6.07, 6.45) is 2.93. The zero-order valence-corrected chi connectivity index (χ0v) is 13.8. The molecule has 4 aromatic heterocycles. The third kappa shape index (κ3) is 2.43. The molecule has 0 spiro atoms. The average molecular weight is 372 g/mol. The Morgan fingerprint density at radius 2 is 2.04 bits per heavy atom. The Morgan fingerprint density at radius 3 is 2.81 bits per heavy atom. The van der Waals surface area contributed by atoms with Gasteiger partial charge in [0.2, 0.25) is 0 Å².